The van der Waals surface area contributed by atoms with Crippen molar-refractivity contribution in [3.05, 3.63) is 0 Å². The highest BCUT2D eigenvalue weighted by Crippen LogP contribution is 2.31. The molecule has 0 radical (unpaired) electrons. The van der Waals surface area contributed by atoms with Crippen LogP contribution in [0.2, 0.25) is 0 Å². The molecule has 2 unspecified atom stereocenters. The molecule has 0 spiro atoms. The van der Waals surface area contributed by atoms with E-state index in [1.807, 2.05) is 6.92 Å². The Labute approximate surface area is 98.3 Å². The highest BCUT2D eigenvalue weighted by molar-refractivity contribution is 7.91. The Bertz CT molecular complexity index is 274. The molecule has 1 fully saturated rings. The van der Waals surface area contributed by atoms with Gasteiger partial charge in [-0.25, -0.2) is 8.42 Å². The predicted octanol–water partition coefficient (Wildman–Crippen LogP) is 3.00. The fraction of sp³-hybridized carbons (Fsp3) is 1.00. The lowest BCUT2D eigenvalue weighted by molar-refractivity contribution is 0.357. The van der Waals surface area contributed by atoms with Crippen molar-refractivity contribution < 1.29 is 8.42 Å². The van der Waals surface area contributed by atoms with Crippen LogP contribution in [-0.2, 0) is 9.84 Å². The molecule has 0 amide bonds. The molecule has 0 aromatic rings. The van der Waals surface area contributed by atoms with Crippen molar-refractivity contribution >= 4 is 21.4 Å². The van der Waals surface area contributed by atoms with E-state index in [1.165, 1.54) is 12.8 Å². The zero-order valence-corrected chi connectivity index (χ0v) is 11.0. The van der Waals surface area contributed by atoms with Crippen LogP contribution in [0.15, 0.2) is 0 Å². The van der Waals surface area contributed by atoms with Gasteiger partial charge in [0.15, 0.2) is 0 Å². The molecular weight excluding hydrogens is 232 g/mol. The molecule has 15 heavy (non-hydrogen) atoms. The van der Waals surface area contributed by atoms with Crippen molar-refractivity contribution in [3.8, 4) is 0 Å². The van der Waals surface area contributed by atoms with E-state index < -0.39 is 9.84 Å². The standard InChI is InChI=1S/C11H21ClO2S/c1-2-8-15(13,14)9-7-10-5-3-4-6-11(10)12/h10-11H,2-9H2,1H3. The second-order valence-electron chi connectivity index (χ2n) is 4.50. The van der Waals surface area contributed by atoms with E-state index in [9.17, 15) is 8.42 Å². The molecule has 4 heteroatoms. The van der Waals surface area contributed by atoms with E-state index >= 15 is 0 Å². The van der Waals surface area contributed by atoms with Gasteiger partial charge >= 0.3 is 0 Å². The summed E-state index contributed by atoms with van der Waals surface area (Å²) >= 11 is 6.19. The Balaban J connectivity index is 2.35. The zero-order valence-electron chi connectivity index (χ0n) is 9.41. The van der Waals surface area contributed by atoms with E-state index in [4.69, 9.17) is 11.6 Å². The molecule has 0 N–H and O–H groups in total. The normalized spacial score (nSPS) is 27.9. The second kappa shape index (κ2) is 6.09. The SMILES string of the molecule is CCCS(=O)(=O)CCC1CCCCC1Cl. The van der Waals surface area contributed by atoms with Crippen molar-refractivity contribution in [2.75, 3.05) is 11.5 Å². The molecular formula is C11H21ClO2S. The molecule has 1 saturated carbocycles. The number of alkyl halides is 1. The Morgan fingerprint density at radius 2 is 1.87 bits per heavy atom. The molecule has 2 atom stereocenters. The summed E-state index contributed by atoms with van der Waals surface area (Å²) in [5.41, 5.74) is 0. The van der Waals surface area contributed by atoms with Crippen molar-refractivity contribution in [3.63, 3.8) is 0 Å². The Morgan fingerprint density at radius 3 is 2.47 bits per heavy atom. The third kappa shape index (κ3) is 4.73. The summed E-state index contributed by atoms with van der Waals surface area (Å²) in [6.45, 7) is 1.91. The van der Waals surface area contributed by atoms with Crippen molar-refractivity contribution in [1.29, 1.82) is 0 Å². The van der Waals surface area contributed by atoms with Crippen molar-refractivity contribution in [2.45, 2.75) is 50.8 Å². The third-order valence-electron chi connectivity index (χ3n) is 3.13. The summed E-state index contributed by atoms with van der Waals surface area (Å²) in [4.78, 5) is 0. The molecule has 0 aromatic carbocycles. The van der Waals surface area contributed by atoms with Crippen LogP contribution in [-0.4, -0.2) is 25.3 Å². The molecule has 90 valence electrons. The van der Waals surface area contributed by atoms with Crippen LogP contribution in [0.25, 0.3) is 0 Å². The largest absolute Gasteiger partial charge is 0.229 e. The van der Waals surface area contributed by atoms with Crippen LogP contribution in [0.3, 0.4) is 0 Å². The number of halogens is 1. The maximum Gasteiger partial charge on any atom is 0.150 e. The Kier molecular flexibility index (Phi) is 5.41. The van der Waals surface area contributed by atoms with Crippen LogP contribution in [0.4, 0.5) is 0 Å². The van der Waals surface area contributed by atoms with Gasteiger partial charge < -0.3 is 0 Å². The van der Waals surface area contributed by atoms with Crippen LogP contribution in [0, 0.1) is 5.92 Å². The van der Waals surface area contributed by atoms with E-state index in [1.54, 1.807) is 0 Å². The highest BCUT2D eigenvalue weighted by atomic mass is 35.5. The summed E-state index contributed by atoms with van der Waals surface area (Å²) in [5, 5.41) is 0.204. The molecule has 0 bridgehead atoms. The lowest BCUT2D eigenvalue weighted by Crippen LogP contribution is -2.23. The lowest BCUT2D eigenvalue weighted by Gasteiger charge is -2.26. The molecule has 1 aliphatic rings. The molecule has 0 saturated heterocycles. The Hall–Kier alpha value is 0.240. The molecule has 1 rings (SSSR count). The summed E-state index contributed by atoms with van der Waals surface area (Å²) in [7, 11) is -2.81. The van der Waals surface area contributed by atoms with Crippen LogP contribution in [0.5, 0.6) is 0 Å². The maximum absolute atomic E-state index is 11.5. The topological polar surface area (TPSA) is 34.1 Å². The van der Waals surface area contributed by atoms with Gasteiger partial charge in [-0.3, -0.25) is 0 Å². The first-order valence-electron chi connectivity index (χ1n) is 5.89. The van der Waals surface area contributed by atoms with Gasteiger partial charge in [0, 0.05) is 11.1 Å². The predicted molar refractivity (Wildman–Crippen MR) is 65.2 cm³/mol. The monoisotopic (exact) mass is 252 g/mol. The zero-order chi connectivity index (χ0) is 11.3. The molecule has 0 aliphatic heterocycles. The number of hydrogen-bond acceptors (Lipinski definition) is 2. The van der Waals surface area contributed by atoms with Crippen molar-refractivity contribution in [1.82, 2.24) is 0 Å². The van der Waals surface area contributed by atoms with Gasteiger partial charge in [-0.1, -0.05) is 19.8 Å². The smallest absolute Gasteiger partial charge is 0.150 e. The minimum atomic E-state index is -2.81. The fourth-order valence-corrected chi connectivity index (χ4v) is 4.13. The molecule has 0 heterocycles. The summed E-state index contributed by atoms with van der Waals surface area (Å²) in [6.07, 6.45) is 6.05. The molecule has 2 nitrogen and oxygen atoms in total. The summed E-state index contributed by atoms with van der Waals surface area (Å²) in [5.74, 6) is 1.08. The average molecular weight is 253 g/mol. The van der Waals surface area contributed by atoms with Gasteiger partial charge in [-0.05, 0) is 31.6 Å². The van der Waals surface area contributed by atoms with Gasteiger partial charge in [0.25, 0.3) is 0 Å². The number of hydrogen-bond donors (Lipinski definition) is 0. The summed E-state index contributed by atoms with van der Waals surface area (Å²) in [6, 6.07) is 0. The van der Waals surface area contributed by atoms with Gasteiger partial charge in [-0.2, -0.15) is 0 Å². The van der Waals surface area contributed by atoms with Gasteiger partial charge in [0.2, 0.25) is 0 Å². The summed E-state index contributed by atoms with van der Waals surface area (Å²) < 4.78 is 23.1. The average Bonchev–Trinajstić information content (AvgIpc) is 2.16. The Morgan fingerprint density at radius 1 is 1.20 bits per heavy atom. The number of sulfone groups is 1. The van der Waals surface area contributed by atoms with Crippen LogP contribution < -0.4 is 0 Å². The lowest BCUT2D eigenvalue weighted by atomic mass is 9.87. The third-order valence-corrected chi connectivity index (χ3v) is 5.59. The van der Waals surface area contributed by atoms with E-state index in [0.717, 1.165) is 25.7 Å². The van der Waals surface area contributed by atoms with Gasteiger partial charge in [0.05, 0.1) is 5.75 Å². The first kappa shape index (κ1) is 13.3. The molecule has 0 aromatic heterocycles. The quantitative estimate of drug-likeness (QED) is 0.705. The van der Waals surface area contributed by atoms with Crippen molar-refractivity contribution in [2.24, 2.45) is 5.92 Å². The molecule has 1 aliphatic carbocycles. The van der Waals surface area contributed by atoms with Crippen LogP contribution in [0.1, 0.15) is 45.4 Å². The first-order chi connectivity index (χ1) is 7.05. The van der Waals surface area contributed by atoms with Gasteiger partial charge in [0.1, 0.15) is 9.84 Å². The van der Waals surface area contributed by atoms with E-state index in [-0.39, 0.29) is 5.38 Å². The highest BCUT2D eigenvalue weighted by Gasteiger charge is 2.24. The van der Waals surface area contributed by atoms with Crippen LogP contribution >= 0.6 is 11.6 Å². The first-order valence-corrected chi connectivity index (χ1v) is 8.15. The fourth-order valence-electron chi connectivity index (χ4n) is 2.23. The maximum atomic E-state index is 11.5. The van der Waals surface area contributed by atoms with E-state index in [0.29, 0.717) is 17.4 Å². The second-order valence-corrected chi connectivity index (χ2v) is 7.37. The minimum Gasteiger partial charge on any atom is -0.229 e. The minimum absolute atomic E-state index is 0.204. The number of rotatable bonds is 5. The van der Waals surface area contributed by atoms with Gasteiger partial charge in [-0.15, -0.1) is 11.6 Å². The van der Waals surface area contributed by atoms with E-state index in [2.05, 4.69) is 0 Å².